The van der Waals surface area contributed by atoms with E-state index < -0.39 is 8.80 Å². The molecule has 1 aromatic rings. The molecule has 1 atom stereocenters. The first-order valence-corrected chi connectivity index (χ1v) is 9.82. The standard InChI is InChI=1S/C14H27ClN2O3Si/c1-6-10-14(13-11-17(15)12(5)16-13)21(18-7-2,19-8-3)20-9-4/h11,14H,6-10H2,1-5H3. The van der Waals surface area contributed by atoms with Gasteiger partial charge >= 0.3 is 8.80 Å². The molecule has 1 unspecified atom stereocenters. The van der Waals surface area contributed by atoms with Gasteiger partial charge in [0, 0.05) is 37.8 Å². The molecule has 0 saturated carbocycles. The number of aryl methyl sites for hydroxylation is 1. The number of hydrogen-bond donors (Lipinski definition) is 0. The lowest BCUT2D eigenvalue weighted by Gasteiger charge is -2.34. The van der Waals surface area contributed by atoms with Crippen molar-refractivity contribution < 1.29 is 13.3 Å². The zero-order valence-corrected chi connectivity index (χ0v) is 15.4. The Hall–Kier alpha value is -0.403. The van der Waals surface area contributed by atoms with Crippen molar-refractivity contribution in [2.24, 2.45) is 0 Å². The van der Waals surface area contributed by atoms with Crippen molar-refractivity contribution in [2.45, 2.75) is 53.0 Å². The monoisotopic (exact) mass is 334 g/mol. The number of halogens is 1. The molecule has 0 aliphatic rings. The first-order valence-electron chi connectivity index (χ1n) is 7.68. The topological polar surface area (TPSA) is 45.5 Å². The fraction of sp³-hybridized carbons (Fsp3) is 0.786. The summed E-state index contributed by atoms with van der Waals surface area (Å²) in [5.74, 6) is 0.764. The number of rotatable bonds is 10. The van der Waals surface area contributed by atoms with Crippen LogP contribution in [0.3, 0.4) is 0 Å². The number of nitrogens with zero attached hydrogens (tertiary/aromatic N) is 2. The Morgan fingerprint density at radius 2 is 1.67 bits per heavy atom. The molecule has 0 aliphatic heterocycles. The Labute approximate surface area is 134 Å². The van der Waals surface area contributed by atoms with Gasteiger partial charge in [-0.3, -0.25) is 0 Å². The van der Waals surface area contributed by atoms with Gasteiger partial charge in [-0.25, -0.2) is 9.07 Å². The first kappa shape index (κ1) is 18.6. The molecular formula is C14H27ClN2O3Si. The molecule has 0 amide bonds. The maximum absolute atomic E-state index is 6.10. The highest BCUT2D eigenvalue weighted by atomic mass is 35.5. The normalized spacial score (nSPS) is 13.6. The quantitative estimate of drug-likeness (QED) is 0.612. The average molecular weight is 335 g/mol. The molecule has 0 spiro atoms. The van der Waals surface area contributed by atoms with Gasteiger partial charge in [0.15, 0.2) is 0 Å². The third-order valence-corrected chi connectivity index (χ3v) is 7.10. The Kier molecular flexibility index (Phi) is 7.90. The largest absolute Gasteiger partial charge is 0.510 e. The summed E-state index contributed by atoms with van der Waals surface area (Å²) in [6.07, 6.45) is 3.75. The van der Waals surface area contributed by atoms with Gasteiger partial charge in [-0.2, -0.15) is 0 Å². The molecule has 122 valence electrons. The highest BCUT2D eigenvalue weighted by Crippen LogP contribution is 2.34. The predicted molar refractivity (Wildman–Crippen MR) is 86.5 cm³/mol. The van der Waals surface area contributed by atoms with Gasteiger partial charge in [-0.1, -0.05) is 13.3 Å². The Morgan fingerprint density at radius 1 is 1.14 bits per heavy atom. The molecule has 1 aromatic heterocycles. The third-order valence-electron chi connectivity index (χ3n) is 3.24. The molecular weight excluding hydrogens is 308 g/mol. The van der Waals surface area contributed by atoms with Crippen molar-refractivity contribution >= 4 is 20.6 Å². The molecule has 1 rings (SSSR count). The van der Waals surface area contributed by atoms with Gasteiger partial charge in [0.05, 0.1) is 11.2 Å². The molecule has 7 heteroatoms. The minimum absolute atomic E-state index is 0.0149. The van der Waals surface area contributed by atoms with Crippen LogP contribution in [0.5, 0.6) is 0 Å². The van der Waals surface area contributed by atoms with Crippen LogP contribution < -0.4 is 0 Å². The van der Waals surface area contributed by atoms with Crippen molar-refractivity contribution in [1.82, 2.24) is 9.07 Å². The third kappa shape index (κ3) is 4.53. The van der Waals surface area contributed by atoms with Crippen molar-refractivity contribution in [3.05, 3.63) is 17.7 Å². The summed E-state index contributed by atoms with van der Waals surface area (Å²) in [6.45, 7) is 11.6. The van der Waals surface area contributed by atoms with E-state index in [9.17, 15) is 0 Å². The zero-order chi connectivity index (χ0) is 15.9. The van der Waals surface area contributed by atoms with Crippen LogP contribution in [0.4, 0.5) is 0 Å². The Balaban J connectivity index is 3.22. The maximum Gasteiger partial charge on any atom is 0.510 e. The van der Waals surface area contributed by atoms with Gasteiger partial charge in [-0.15, -0.1) is 0 Å². The molecule has 5 nitrogen and oxygen atoms in total. The number of imidazole rings is 1. The van der Waals surface area contributed by atoms with E-state index in [1.165, 1.54) is 4.09 Å². The summed E-state index contributed by atoms with van der Waals surface area (Å²) < 4.78 is 19.6. The summed E-state index contributed by atoms with van der Waals surface area (Å²) in [7, 11) is -2.83. The first-order chi connectivity index (χ1) is 10.0. The fourth-order valence-electron chi connectivity index (χ4n) is 2.47. The minimum Gasteiger partial charge on any atom is -0.373 e. The van der Waals surface area contributed by atoms with Crippen LogP contribution in [-0.4, -0.2) is 37.7 Å². The van der Waals surface area contributed by atoms with Gasteiger partial charge < -0.3 is 13.3 Å². The molecule has 0 aliphatic carbocycles. The highest BCUT2D eigenvalue weighted by molar-refractivity contribution is 6.62. The van der Waals surface area contributed by atoms with Crippen molar-refractivity contribution in [3.8, 4) is 0 Å². The summed E-state index contributed by atoms with van der Waals surface area (Å²) in [5.41, 5.74) is 0.910. The Bertz CT molecular complexity index is 392. The summed E-state index contributed by atoms with van der Waals surface area (Å²) in [6, 6.07) is 0. The second-order valence-corrected chi connectivity index (χ2v) is 7.90. The molecule has 0 N–H and O–H groups in total. The molecule has 0 radical (unpaired) electrons. The van der Waals surface area contributed by atoms with Gasteiger partial charge in [0.1, 0.15) is 5.82 Å². The fourth-order valence-corrected chi connectivity index (χ4v) is 5.81. The molecule has 0 bridgehead atoms. The molecule has 21 heavy (non-hydrogen) atoms. The van der Waals surface area contributed by atoms with E-state index in [-0.39, 0.29) is 5.54 Å². The van der Waals surface area contributed by atoms with Crippen molar-refractivity contribution in [3.63, 3.8) is 0 Å². The van der Waals surface area contributed by atoms with E-state index in [1.807, 2.05) is 33.9 Å². The van der Waals surface area contributed by atoms with Crippen LogP contribution in [0, 0.1) is 6.92 Å². The lowest BCUT2D eigenvalue weighted by Crippen LogP contribution is -2.52. The van der Waals surface area contributed by atoms with Crippen molar-refractivity contribution in [2.75, 3.05) is 19.8 Å². The van der Waals surface area contributed by atoms with E-state index in [1.54, 1.807) is 0 Å². The van der Waals surface area contributed by atoms with E-state index in [0.717, 1.165) is 24.4 Å². The second kappa shape index (κ2) is 8.90. The van der Waals surface area contributed by atoms with Gasteiger partial charge in [0.25, 0.3) is 0 Å². The van der Waals surface area contributed by atoms with Crippen LogP contribution in [0.15, 0.2) is 6.20 Å². The van der Waals surface area contributed by atoms with Crippen LogP contribution >= 0.6 is 11.8 Å². The SMILES string of the molecule is CCCC(c1cn(Cl)c(C)n1)[Si](OCC)(OCC)OCC. The predicted octanol–water partition coefficient (Wildman–Crippen LogP) is 3.66. The molecule has 0 fully saturated rings. The van der Waals surface area contributed by atoms with Gasteiger partial charge in [-0.05, 0) is 34.1 Å². The van der Waals surface area contributed by atoms with Gasteiger partial charge in [0.2, 0.25) is 0 Å². The molecule has 0 saturated heterocycles. The van der Waals surface area contributed by atoms with E-state index in [0.29, 0.717) is 19.8 Å². The molecule has 0 aromatic carbocycles. The average Bonchev–Trinajstić information content (AvgIpc) is 2.76. The highest BCUT2D eigenvalue weighted by Gasteiger charge is 2.50. The van der Waals surface area contributed by atoms with Crippen LogP contribution in [0.2, 0.25) is 0 Å². The molecule has 1 heterocycles. The maximum atomic E-state index is 6.10. The Morgan fingerprint density at radius 3 is 2.00 bits per heavy atom. The van der Waals surface area contributed by atoms with Crippen LogP contribution in [0.1, 0.15) is 57.6 Å². The zero-order valence-electron chi connectivity index (χ0n) is 13.7. The van der Waals surface area contributed by atoms with Crippen molar-refractivity contribution in [1.29, 1.82) is 0 Å². The van der Waals surface area contributed by atoms with E-state index in [2.05, 4.69) is 11.9 Å². The lowest BCUT2D eigenvalue weighted by atomic mass is 10.2. The van der Waals surface area contributed by atoms with E-state index in [4.69, 9.17) is 25.1 Å². The second-order valence-electron chi connectivity index (χ2n) is 4.77. The number of hydrogen-bond acceptors (Lipinski definition) is 4. The summed E-state index contributed by atoms with van der Waals surface area (Å²) in [4.78, 5) is 4.57. The van der Waals surface area contributed by atoms with E-state index >= 15 is 0 Å². The van der Waals surface area contributed by atoms with Crippen LogP contribution in [0.25, 0.3) is 0 Å². The summed E-state index contributed by atoms with van der Waals surface area (Å²) >= 11 is 6.10. The number of aromatic nitrogens is 2. The lowest BCUT2D eigenvalue weighted by molar-refractivity contribution is 0.0601. The summed E-state index contributed by atoms with van der Waals surface area (Å²) in [5, 5.41) is 0. The smallest absolute Gasteiger partial charge is 0.373 e. The van der Waals surface area contributed by atoms with Crippen LogP contribution in [-0.2, 0) is 13.3 Å². The minimum atomic E-state index is -2.83.